The third kappa shape index (κ3) is 3.76. The number of hydrogen-bond donors (Lipinski definition) is 0. The minimum absolute atomic E-state index is 0.0105. The lowest BCUT2D eigenvalue weighted by atomic mass is 10.1. The number of carbonyl (C=O) groups excluding carboxylic acids is 2. The molecule has 0 N–H and O–H groups in total. The molecule has 1 aromatic heterocycles. The van der Waals surface area contributed by atoms with Crippen LogP contribution in [-0.4, -0.2) is 47.8 Å². The fraction of sp³-hybridized carbons (Fsp3) is 0.273. The summed E-state index contributed by atoms with van der Waals surface area (Å²) in [6, 6.07) is 14.6. The molecular weight excluding hydrogens is 376 g/mol. The van der Waals surface area contributed by atoms with Crippen LogP contribution in [0.3, 0.4) is 0 Å². The second kappa shape index (κ2) is 7.68. The van der Waals surface area contributed by atoms with Crippen molar-refractivity contribution < 1.29 is 14.0 Å². The maximum atomic E-state index is 12.9. The van der Waals surface area contributed by atoms with Crippen molar-refractivity contribution in [1.29, 1.82) is 0 Å². The van der Waals surface area contributed by atoms with E-state index in [1.54, 1.807) is 29.2 Å². The van der Waals surface area contributed by atoms with Gasteiger partial charge in [-0.2, -0.15) is 0 Å². The summed E-state index contributed by atoms with van der Waals surface area (Å²) in [4.78, 5) is 29.3. The predicted octanol–water partition coefficient (Wildman–Crippen LogP) is 4.38. The molecule has 144 valence electrons. The second-order valence-electron chi connectivity index (χ2n) is 7.10. The summed E-state index contributed by atoms with van der Waals surface area (Å²) >= 11 is 6.01. The third-order valence-electron chi connectivity index (χ3n) is 5.02. The Labute approximate surface area is 168 Å². The molecule has 0 aliphatic carbocycles. The fourth-order valence-corrected chi connectivity index (χ4v) is 3.74. The van der Waals surface area contributed by atoms with Crippen LogP contribution in [0.25, 0.3) is 11.0 Å². The highest BCUT2D eigenvalue weighted by molar-refractivity contribution is 6.31. The van der Waals surface area contributed by atoms with Gasteiger partial charge in [0.15, 0.2) is 5.76 Å². The highest BCUT2D eigenvalue weighted by Crippen LogP contribution is 2.24. The molecular formula is C22H21ClN2O3. The number of carbonyl (C=O) groups is 2. The largest absolute Gasteiger partial charge is 0.451 e. The summed E-state index contributed by atoms with van der Waals surface area (Å²) in [5.41, 5.74) is 2.38. The molecule has 0 spiro atoms. The summed E-state index contributed by atoms with van der Waals surface area (Å²) in [6.07, 6.45) is 0.732. The average molecular weight is 397 g/mol. The van der Waals surface area contributed by atoms with Gasteiger partial charge in [0.05, 0.1) is 0 Å². The Bertz CT molecular complexity index is 1040. The monoisotopic (exact) mass is 396 g/mol. The molecule has 1 fully saturated rings. The Balaban J connectivity index is 1.47. The third-order valence-corrected chi connectivity index (χ3v) is 5.26. The maximum Gasteiger partial charge on any atom is 0.289 e. The molecule has 2 heterocycles. The van der Waals surface area contributed by atoms with E-state index in [2.05, 4.69) is 0 Å². The maximum absolute atomic E-state index is 12.9. The topological polar surface area (TPSA) is 53.8 Å². The van der Waals surface area contributed by atoms with E-state index >= 15 is 0 Å². The lowest BCUT2D eigenvalue weighted by molar-refractivity contribution is 0.0702. The van der Waals surface area contributed by atoms with Crippen molar-refractivity contribution in [2.75, 3.05) is 26.2 Å². The fourth-order valence-electron chi connectivity index (χ4n) is 3.56. The van der Waals surface area contributed by atoms with E-state index in [-0.39, 0.29) is 11.8 Å². The molecule has 2 aromatic carbocycles. The van der Waals surface area contributed by atoms with Crippen molar-refractivity contribution in [3.8, 4) is 0 Å². The summed E-state index contributed by atoms with van der Waals surface area (Å²) in [5.74, 6) is 0.157. The summed E-state index contributed by atoms with van der Waals surface area (Å²) < 4.78 is 5.71. The molecule has 28 heavy (non-hydrogen) atoms. The van der Waals surface area contributed by atoms with Gasteiger partial charge in [0.1, 0.15) is 5.58 Å². The van der Waals surface area contributed by atoms with Crippen LogP contribution in [0.1, 0.15) is 32.9 Å². The molecule has 0 atom stereocenters. The Hall–Kier alpha value is -2.79. The lowest BCUT2D eigenvalue weighted by Gasteiger charge is -2.22. The van der Waals surface area contributed by atoms with Gasteiger partial charge in [0, 0.05) is 42.2 Å². The van der Waals surface area contributed by atoms with Gasteiger partial charge in [-0.1, -0.05) is 29.3 Å². The van der Waals surface area contributed by atoms with Gasteiger partial charge in [0.2, 0.25) is 0 Å². The smallest absolute Gasteiger partial charge is 0.289 e. The number of furan rings is 1. The number of aryl methyl sites for hydroxylation is 1. The normalized spacial score (nSPS) is 14.9. The first-order chi connectivity index (χ1) is 13.5. The van der Waals surface area contributed by atoms with E-state index in [4.69, 9.17) is 16.0 Å². The summed E-state index contributed by atoms with van der Waals surface area (Å²) in [7, 11) is 0. The van der Waals surface area contributed by atoms with Gasteiger partial charge in [-0.3, -0.25) is 9.59 Å². The van der Waals surface area contributed by atoms with Crippen LogP contribution in [0.5, 0.6) is 0 Å². The highest BCUT2D eigenvalue weighted by atomic mass is 35.5. The number of nitrogens with zero attached hydrogens (tertiary/aromatic N) is 2. The predicted molar refractivity (Wildman–Crippen MR) is 109 cm³/mol. The van der Waals surface area contributed by atoms with Gasteiger partial charge in [-0.25, -0.2) is 0 Å². The van der Waals surface area contributed by atoms with Gasteiger partial charge >= 0.3 is 0 Å². The SMILES string of the molecule is Cc1cccc(C(=O)N2CCCN(C(=O)c3cc4cc(Cl)ccc4o3)CC2)c1. The van der Waals surface area contributed by atoms with Crippen molar-refractivity contribution in [3.05, 3.63) is 70.4 Å². The average Bonchev–Trinajstić information content (AvgIpc) is 2.95. The van der Waals surface area contributed by atoms with Gasteiger partial charge in [-0.15, -0.1) is 0 Å². The zero-order valence-corrected chi connectivity index (χ0v) is 16.4. The quantitative estimate of drug-likeness (QED) is 0.645. The number of fused-ring (bicyclic) bond motifs is 1. The van der Waals surface area contributed by atoms with Crippen LogP contribution in [-0.2, 0) is 0 Å². The van der Waals surface area contributed by atoms with Gasteiger partial charge in [0.25, 0.3) is 11.8 Å². The summed E-state index contributed by atoms with van der Waals surface area (Å²) in [5, 5.41) is 1.41. The molecule has 2 amide bonds. The van der Waals surface area contributed by atoms with Crippen LogP contribution in [0, 0.1) is 6.92 Å². The first-order valence-electron chi connectivity index (χ1n) is 9.35. The molecule has 1 aliphatic heterocycles. The minimum Gasteiger partial charge on any atom is -0.451 e. The van der Waals surface area contributed by atoms with E-state index in [9.17, 15) is 9.59 Å². The molecule has 1 aliphatic rings. The molecule has 4 rings (SSSR count). The number of hydrogen-bond acceptors (Lipinski definition) is 3. The van der Waals surface area contributed by atoms with Gasteiger partial charge < -0.3 is 14.2 Å². The molecule has 0 saturated carbocycles. The molecule has 1 saturated heterocycles. The zero-order valence-electron chi connectivity index (χ0n) is 15.7. The van der Waals surface area contributed by atoms with Crippen molar-refractivity contribution in [3.63, 3.8) is 0 Å². The Morgan fingerprint density at radius 3 is 2.43 bits per heavy atom. The Kier molecular flexibility index (Phi) is 5.09. The van der Waals surface area contributed by atoms with Crippen LogP contribution in [0.15, 0.2) is 52.9 Å². The van der Waals surface area contributed by atoms with E-state index < -0.39 is 0 Å². The number of benzene rings is 2. The number of halogens is 1. The minimum atomic E-state index is -0.155. The van der Waals surface area contributed by atoms with E-state index in [0.717, 1.165) is 17.4 Å². The van der Waals surface area contributed by atoms with Crippen molar-refractivity contribution >= 4 is 34.4 Å². The van der Waals surface area contributed by atoms with Gasteiger partial charge in [-0.05, 0) is 49.7 Å². The molecule has 0 unspecified atom stereocenters. The summed E-state index contributed by atoms with van der Waals surface area (Å²) in [6.45, 7) is 4.18. The van der Waals surface area contributed by atoms with Crippen LogP contribution in [0.2, 0.25) is 5.02 Å². The molecule has 6 heteroatoms. The number of rotatable bonds is 2. The number of amides is 2. The Morgan fingerprint density at radius 1 is 0.929 bits per heavy atom. The lowest BCUT2D eigenvalue weighted by Crippen LogP contribution is -2.37. The first kappa shape index (κ1) is 18.6. The van der Waals surface area contributed by atoms with E-state index in [0.29, 0.717) is 48.1 Å². The molecule has 5 nitrogen and oxygen atoms in total. The van der Waals surface area contributed by atoms with E-state index in [1.165, 1.54) is 0 Å². The molecule has 0 bridgehead atoms. The van der Waals surface area contributed by atoms with Crippen molar-refractivity contribution in [1.82, 2.24) is 9.80 Å². The van der Waals surface area contributed by atoms with Crippen LogP contribution < -0.4 is 0 Å². The highest BCUT2D eigenvalue weighted by Gasteiger charge is 2.25. The van der Waals surface area contributed by atoms with Crippen molar-refractivity contribution in [2.45, 2.75) is 13.3 Å². The van der Waals surface area contributed by atoms with Crippen molar-refractivity contribution in [2.24, 2.45) is 0 Å². The zero-order chi connectivity index (χ0) is 19.7. The van der Waals surface area contributed by atoms with Crippen LogP contribution in [0.4, 0.5) is 0 Å². The van der Waals surface area contributed by atoms with E-state index in [1.807, 2.05) is 36.1 Å². The molecule has 3 aromatic rings. The second-order valence-corrected chi connectivity index (χ2v) is 7.54. The first-order valence-corrected chi connectivity index (χ1v) is 9.73. The Morgan fingerprint density at radius 2 is 1.68 bits per heavy atom. The molecule has 0 radical (unpaired) electrons. The van der Waals surface area contributed by atoms with Crippen LogP contribution >= 0.6 is 11.6 Å². The standard InChI is InChI=1S/C22H21ClN2O3/c1-15-4-2-5-16(12-15)21(26)24-8-3-9-25(11-10-24)22(27)20-14-17-13-18(23)6-7-19(17)28-20/h2,4-7,12-14H,3,8-11H2,1H3.